The number of carbonyl (C=O) groups is 1. The van der Waals surface area contributed by atoms with Crippen LogP contribution in [0.25, 0.3) is 0 Å². The molecule has 0 aliphatic heterocycles. The standard InChI is InChI=1S/C15H20O6/c1-20-12-7-5-11(6-8-12)10-21-15(19)4-2-3-13(17)14(18)9-16/h2,4-8,13-14,16-18H,3,9-10H2,1H3/b4-2+/t13-,14+/m1/s1. The maximum Gasteiger partial charge on any atom is 0.330 e. The van der Waals surface area contributed by atoms with Crippen molar-refractivity contribution in [2.75, 3.05) is 13.7 Å². The third kappa shape index (κ3) is 6.40. The van der Waals surface area contributed by atoms with Crippen molar-refractivity contribution < 1.29 is 29.6 Å². The number of aliphatic hydroxyl groups excluding tert-OH is 3. The second-order valence-electron chi connectivity index (χ2n) is 4.41. The van der Waals surface area contributed by atoms with E-state index in [1.54, 1.807) is 31.4 Å². The Labute approximate surface area is 123 Å². The molecule has 0 amide bonds. The number of methoxy groups -OCH3 is 1. The number of rotatable bonds is 8. The molecule has 0 aromatic heterocycles. The van der Waals surface area contributed by atoms with E-state index in [-0.39, 0.29) is 13.0 Å². The van der Waals surface area contributed by atoms with Crippen molar-refractivity contribution in [3.8, 4) is 5.75 Å². The van der Waals surface area contributed by atoms with Gasteiger partial charge in [0.15, 0.2) is 0 Å². The Bertz CT molecular complexity index is 454. The van der Waals surface area contributed by atoms with E-state index < -0.39 is 24.8 Å². The van der Waals surface area contributed by atoms with Gasteiger partial charge in [-0.2, -0.15) is 0 Å². The highest BCUT2D eigenvalue weighted by atomic mass is 16.5. The summed E-state index contributed by atoms with van der Waals surface area (Å²) in [7, 11) is 1.57. The van der Waals surface area contributed by atoms with Crippen LogP contribution in [-0.4, -0.2) is 47.2 Å². The Hall–Kier alpha value is -1.89. The van der Waals surface area contributed by atoms with Gasteiger partial charge in [-0.15, -0.1) is 0 Å². The van der Waals surface area contributed by atoms with Crippen LogP contribution < -0.4 is 4.74 Å². The molecule has 6 nitrogen and oxygen atoms in total. The molecule has 1 aromatic carbocycles. The van der Waals surface area contributed by atoms with Gasteiger partial charge in [0.05, 0.1) is 19.8 Å². The van der Waals surface area contributed by atoms with E-state index in [4.69, 9.17) is 19.7 Å². The highest BCUT2D eigenvalue weighted by molar-refractivity contribution is 5.81. The fourth-order valence-electron chi connectivity index (χ4n) is 1.51. The largest absolute Gasteiger partial charge is 0.497 e. The first-order chi connectivity index (χ1) is 10.1. The molecule has 116 valence electrons. The van der Waals surface area contributed by atoms with Gasteiger partial charge in [0.1, 0.15) is 18.5 Å². The molecule has 3 N–H and O–H groups in total. The summed E-state index contributed by atoms with van der Waals surface area (Å²) in [6.07, 6.45) is 0.293. The molecule has 0 unspecified atom stereocenters. The molecule has 2 atom stereocenters. The van der Waals surface area contributed by atoms with Crippen LogP contribution in [0.2, 0.25) is 0 Å². The van der Waals surface area contributed by atoms with E-state index in [1.807, 2.05) is 0 Å². The molecule has 0 spiro atoms. The number of esters is 1. The molecule has 21 heavy (non-hydrogen) atoms. The lowest BCUT2D eigenvalue weighted by atomic mass is 10.1. The quantitative estimate of drug-likeness (QED) is 0.474. The molecule has 1 aromatic rings. The summed E-state index contributed by atoms with van der Waals surface area (Å²) in [5.41, 5.74) is 0.827. The van der Waals surface area contributed by atoms with Crippen molar-refractivity contribution >= 4 is 5.97 Å². The topological polar surface area (TPSA) is 96.2 Å². The predicted molar refractivity (Wildman–Crippen MR) is 75.6 cm³/mol. The second kappa shape index (κ2) is 9.12. The summed E-state index contributed by atoms with van der Waals surface area (Å²) in [5.74, 6) is 0.179. The Morgan fingerprint density at radius 1 is 1.24 bits per heavy atom. The normalized spacial score (nSPS) is 13.9. The lowest BCUT2D eigenvalue weighted by Gasteiger charge is -2.12. The number of carbonyl (C=O) groups excluding carboxylic acids is 1. The first-order valence-electron chi connectivity index (χ1n) is 6.50. The number of hydrogen-bond acceptors (Lipinski definition) is 6. The van der Waals surface area contributed by atoms with Gasteiger partial charge < -0.3 is 24.8 Å². The molecule has 0 fully saturated rings. The lowest BCUT2D eigenvalue weighted by Crippen LogP contribution is -2.28. The smallest absolute Gasteiger partial charge is 0.330 e. The summed E-state index contributed by atoms with van der Waals surface area (Å²) < 4.78 is 10.0. The summed E-state index contributed by atoms with van der Waals surface area (Å²) >= 11 is 0. The van der Waals surface area contributed by atoms with Crippen LogP contribution in [0.15, 0.2) is 36.4 Å². The molecule has 0 heterocycles. The van der Waals surface area contributed by atoms with Gasteiger partial charge in [0.25, 0.3) is 0 Å². The third-order valence-electron chi connectivity index (χ3n) is 2.80. The summed E-state index contributed by atoms with van der Waals surface area (Å²) in [6, 6.07) is 7.12. The molecular formula is C15H20O6. The molecule has 6 heteroatoms. The fourth-order valence-corrected chi connectivity index (χ4v) is 1.51. The summed E-state index contributed by atoms with van der Waals surface area (Å²) in [4.78, 5) is 11.4. The van der Waals surface area contributed by atoms with Crippen molar-refractivity contribution in [1.29, 1.82) is 0 Å². The third-order valence-corrected chi connectivity index (χ3v) is 2.80. The minimum Gasteiger partial charge on any atom is -0.497 e. The van der Waals surface area contributed by atoms with Gasteiger partial charge in [-0.1, -0.05) is 18.2 Å². The summed E-state index contributed by atoms with van der Waals surface area (Å²) in [6.45, 7) is -0.397. The van der Waals surface area contributed by atoms with Crippen molar-refractivity contribution in [2.45, 2.75) is 25.2 Å². The predicted octanol–water partition coefficient (Wildman–Crippen LogP) is 0.399. The van der Waals surface area contributed by atoms with E-state index in [0.29, 0.717) is 0 Å². The molecule has 0 aliphatic rings. The maximum atomic E-state index is 11.4. The van der Waals surface area contributed by atoms with Crippen molar-refractivity contribution in [3.05, 3.63) is 42.0 Å². The number of hydrogen-bond donors (Lipinski definition) is 3. The minimum absolute atomic E-state index is 0.0549. The molecule has 0 saturated carbocycles. The van der Waals surface area contributed by atoms with E-state index in [2.05, 4.69) is 0 Å². The second-order valence-corrected chi connectivity index (χ2v) is 4.41. The molecule has 0 aliphatic carbocycles. The Morgan fingerprint density at radius 3 is 2.48 bits per heavy atom. The highest BCUT2D eigenvalue weighted by Crippen LogP contribution is 2.12. The van der Waals surface area contributed by atoms with Gasteiger partial charge in [-0.25, -0.2) is 4.79 Å². The van der Waals surface area contributed by atoms with E-state index in [9.17, 15) is 9.90 Å². The SMILES string of the molecule is COc1ccc(COC(=O)/C=C/C[C@@H](O)[C@@H](O)CO)cc1. The van der Waals surface area contributed by atoms with E-state index in [0.717, 1.165) is 11.3 Å². The van der Waals surface area contributed by atoms with Crippen molar-refractivity contribution in [1.82, 2.24) is 0 Å². The molecule has 0 radical (unpaired) electrons. The Morgan fingerprint density at radius 2 is 1.90 bits per heavy atom. The van der Waals surface area contributed by atoms with Crippen LogP contribution in [0.1, 0.15) is 12.0 Å². The van der Waals surface area contributed by atoms with E-state index >= 15 is 0 Å². The molecule has 0 bridgehead atoms. The Kier molecular flexibility index (Phi) is 7.45. The fraction of sp³-hybridized carbons (Fsp3) is 0.400. The van der Waals surface area contributed by atoms with Gasteiger partial charge in [0, 0.05) is 6.08 Å². The molecular weight excluding hydrogens is 276 g/mol. The molecule has 1 rings (SSSR count). The van der Waals surface area contributed by atoms with Crippen molar-refractivity contribution in [2.24, 2.45) is 0 Å². The van der Waals surface area contributed by atoms with Crippen LogP contribution in [-0.2, 0) is 16.1 Å². The van der Waals surface area contributed by atoms with Crippen molar-refractivity contribution in [3.63, 3.8) is 0 Å². The first kappa shape index (κ1) is 17.2. The number of ether oxygens (including phenoxy) is 2. The molecule has 0 saturated heterocycles. The zero-order chi connectivity index (χ0) is 15.7. The Balaban J connectivity index is 2.33. The zero-order valence-corrected chi connectivity index (χ0v) is 11.8. The first-order valence-corrected chi connectivity index (χ1v) is 6.50. The van der Waals surface area contributed by atoms with Gasteiger partial charge in [-0.3, -0.25) is 0 Å². The zero-order valence-electron chi connectivity index (χ0n) is 11.8. The van der Waals surface area contributed by atoms with E-state index in [1.165, 1.54) is 12.2 Å². The van der Waals surface area contributed by atoms with Gasteiger partial charge in [0.2, 0.25) is 0 Å². The number of aliphatic hydroxyl groups is 3. The van der Waals surface area contributed by atoms with Crippen LogP contribution in [0.4, 0.5) is 0 Å². The van der Waals surface area contributed by atoms with Gasteiger partial charge >= 0.3 is 5.97 Å². The average Bonchev–Trinajstić information content (AvgIpc) is 2.52. The average molecular weight is 296 g/mol. The monoisotopic (exact) mass is 296 g/mol. The highest BCUT2D eigenvalue weighted by Gasteiger charge is 2.13. The minimum atomic E-state index is -1.22. The van der Waals surface area contributed by atoms with Crippen LogP contribution in [0, 0.1) is 0 Å². The van der Waals surface area contributed by atoms with Crippen LogP contribution in [0.3, 0.4) is 0 Å². The van der Waals surface area contributed by atoms with Gasteiger partial charge in [-0.05, 0) is 24.1 Å². The lowest BCUT2D eigenvalue weighted by molar-refractivity contribution is -0.139. The summed E-state index contributed by atoms with van der Waals surface area (Å²) in [5, 5.41) is 27.1. The van der Waals surface area contributed by atoms with Crippen LogP contribution >= 0.6 is 0 Å². The maximum absolute atomic E-state index is 11.4. The number of benzene rings is 1. The van der Waals surface area contributed by atoms with Crippen LogP contribution in [0.5, 0.6) is 5.75 Å².